The van der Waals surface area contributed by atoms with E-state index in [1.807, 2.05) is 0 Å². The van der Waals surface area contributed by atoms with Gasteiger partial charge < -0.3 is 4.90 Å². The van der Waals surface area contributed by atoms with E-state index >= 15 is 0 Å². The first-order valence-corrected chi connectivity index (χ1v) is 6.88. The number of unbranched alkanes of at least 4 members (excludes halogenated alkanes) is 6. The standard InChI is InChI=1S/C14H31N.ClH/c1-5-7-8-9-10-11-12-13-14(6-2)15(3)4;/h14H,5-13H2,1-4H3;1H. The minimum atomic E-state index is 0. The zero-order valence-corrected chi connectivity index (χ0v) is 12.6. The van der Waals surface area contributed by atoms with Crippen molar-refractivity contribution in [3.05, 3.63) is 0 Å². The average Bonchev–Trinajstić information content (AvgIpc) is 2.21. The highest BCUT2D eigenvalue weighted by atomic mass is 35.5. The summed E-state index contributed by atoms with van der Waals surface area (Å²) in [4.78, 5) is 2.37. The van der Waals surface area contributed by atoms with Crippen molar-refractivity contribution >= 4 is 12.4 Å². The van der Waals surface area contributed by atoms with Gasteiger partial charge in [-0.25, -0.2) is 0 Å². The van der Waals surface area contributed by atoms with E-state index in [2.05, 4.69) is 32.8 Å². The second kappa shape index (κ2) is 13.3. The first-order valence-electron chi connectivity index (χ1n) is 6.88. The summed E-state index contributed by atoms with van der Waals surface area (Å²) in [5, 5.41) is 0. The normalized spacial score (nSPS) is 12.6. The third-order valence-electron chi connectivity index (χ3n) is 3.34. The minimum Gasteiger partial charge on any atom is -0.306 e. The van der Waals surface area contributed by atoms with Crippen LogP contribution in [0.25, 0.3) is 0 Å². The van der Waals surface area contributed by atoms with Crippen LogP contribution in [-0.4, -0.2) is 25.0 Å². The Morgan fingerprint density at radius 3 is 1.75 bits per heavy atom. The Morgan fingerprint density at radius 1 is 0.812 bits per heavy atom. The molecule has 0 aliphatic heterocycles. The van der Waals surface area contributed by atoms with Gasteiger partial charge in [0.15, 0.2) is 0 Å². The maximum absolute atomic E-state index is 2.37. The second-order valence-electron chi connectivity index (χ2n) is 4.94. The summed E-state index contributed by atoms with van der Waals surface area (Å²) < 4.78 is 0. The van der Waals surface area contributed by atoms with Gasteiger partial charge in [0.25, 0.3) is 0 Å². The van der Waals surface area contributed by atoms with E-state index in [-0.39, 0.29) is 12.4 Å². The predicted octanol–water partition coefficient (Wildman–Crippen LogP) is 4.89. The van der Waals surface area contributed by atoms with Crippen molar-refractivity contribution in [1.82, 2.24) is 4.90 Å². The van der Waals surface area contributed by atoms with Crippen molar-refractivity contribution < 1.29 is 0 Å². The van der Waals surface area contributed by atoms with Crippen LogP contribution in [0, 0.1) is 0 Å². The minimum absolute atomic E-state index is 0. The molecule has 0 spiro atoms. The van der Waals surface area contributed by atoms with Gasteiger partial charge in [0.05, 0.1) is 0 Å². The molecule has 0 bridgehead atoms. The van der Waals surface area contributed by atoms with E-state index in [4.69, 9.17) is 0 Å². The fourth-order valence-corrected chi connectivity index (χ4v) is 2.16. The number of rotatable bonds is 10. The molecule has 2 heteroatoms. The maximum Gasteiger partial charge on any atom is 0.00865 e. The Morgan fingerprint density at radius 2 is 1.31 bits per heavy atom. The van der Waals surface area contributed by atoms with Gasteiger partial charge in [-0.1, -0.05) is 58.8 Å². The topological polar surface area (TPSA) is 3.24 Å². The Balaban J connectivity index is 0. The van der Waals surface area contributed by atoms with Gasteiger partial charge in [-0.15, -0.1) is 12.4 Å². The highest BCUT2D eigenvalue weighted by molar-refractivity contribution is 5.85. The highest BCUT2D eigenvalue weighted by Gasteiger charge is 2.07. The van der Waals surface area contributed by atoms with Crippen LogP contribution in [0.4, 0.5) is 0 Å². The molecule has 1 nitrogen and oxygen atoms in total. The molecule has 0 amide bonds. The van der Waals surface area contributed by atoms with Gasteiger partial charge in [0, 0.05) is 6.04 Å². The lowest BCUT2D eigenvalue weighted by Crippen LogP contribution is -2.26. The van der Waals surface area contributed by atoms with E-state index in [0.717, 1.165) is 6.04 Å². The molecule has 1 atom stereocenters. The summed E-state index contributed by atoms with van der Waals surface area (Å²) in [7, 11) is 4.41. The van der Waals surface area contributed by atoms with Crippen LogP contribution >= 0.6 is 12.4 Å². The third-order valence-corrected chi connectivity index (χ3v) is 3.34. The van der Waals surface area contributed by atoms with Gasteiger partial charge in [-0.05, 0) is 26.9 Å². The lowest BCUT2D eigenvalue weighted by atomic mass is 10.0. The van der Waals surface area contributed by atoms with Gasteiger partial charge in [-0.3, -0.25) is 0 Å². The molecular formula is C14H32ClN. The van der Waals surface area contributed by atoms with Gasteiger partial charge in [0.2, 0.25) is 0 Å². The lowest BCUT2D eigenvalue weighted by molar-refractivity contribution is 0.264. The molecule has 0 N–H and O–H groups in total. The molecule has 0 rings (SSSR count). The Kier molecular flexibility index (Phi) is 15.5. The van der Waals surface area contributed by atoms with Crippen LogP contribution in [0.5, 0.6) is 0 Å². The molecule has 100 valence electrons. The van der Waals surface area contributed by atoms with Crippen LogP contribution in [-0.2, 0) is 0 Å². The predicted molar refractivity (Wildman–Crippen MR) is 77.6 cm³/mol. The molecule has 0 heterocycles. The smallest absolute Gasteiger partial charge is 0.00865 e. The summed E-state index contributed by atoms with van der Waals surface area (Å²) in [6.45, 7) is 4.58. The molecule has 0 saturated heterocycles. The summed E-state index contributed by atoms with van der Waals surface area (Å²) in [5.74, 6) is 0. The summed E-state index contributed by atoms with van der Waals surface area (Å²) in [6.07, 6.45) is 12.7. The van der Waals surface area contributed by atoms with E-state index < -0.39 is 0 Å². The Labute approximate surface area is 109 Å². The molecule has 0 aliphatic rings. The van der Waals surface area contributed by atoms with Crippen LogP contribution in [0.1, 0.15) is 71.6 Å². The van der Waals surface area contributed by atoms with Crippen molar-refractivity contribution in [2.75, 3.05) is 14.1 Å². The van der Waals surface area contributed by atoms with Crippen molar-refractivity contribution in [2.45, 2.75) is 77.7 Å². The van der Waals surface area contributed by atoms with E-state index in [1.54, 1.807) is 0 Å². The quantitative estimate of drug-likeness (QED) is 0.499. The zero-order valence-electron chi connectivity index (χ0n) is 11.8. The number of hydrogen-bond acceptors (Lipinski definition) is 1. The molecule has 0 aromatic carbocycles. The molecule has 0 aliphatic carbocycles. The van der Waals surface area contributed by atoms with Crippen LogP contribution < -0.4 is 0 Å². The highest BCUT2D eigenvalue weighted by Crippen LogP contribution is 2.13. The number of hydrogen-bond donors (Lipinski definition) is 0. The molecule has 1 unspecified atom stereocenters. The lowest BCUT2D eigenvalue weighted by Gasteiger charge is -2.22. The zero-order chi connectivity index (χ0) is 11.5. The molecule has 0 fully saturated rings. The maximum atomic E-state index is 2.37. The van der Waals surface area contributed by atoms with Crippen molar-refractivity contribution in [3.8, 4) is 0 Å². The van der Waals surface area contributed by atoms with Gasteiger partial charge in [0.1, 0.15) is 0 Å². The molecule has 16 heavy (non-hydrogen) atoms. The van der Waals surface area contributed by atoms with E-state index in [9.17, 15) is 0 Å². The number of halogens is 1. The fourth-order valence-electron chi connectivity index (χ4n) is 2.16. The molecule has 0 aromatic rings. The van der Waals surface area contributed by atoms with E-state index in [0.29, 0.717) is 0 Å². The molecular weight excluding hydrogens is 218 g/mol. The molecule has 0 aromatic heterocycles. The first kappa shape index (κ1) is 18.6. The Hall–Kier alpha value is 0.250. The summed E-state index contributed by atoms with van der Waals surface area (Å²) in [5.41, 5.74) is 0. The Bertz CT molecular complexity index is 126. The monoisotopic (exact) mass is 249 g/mol. The van der Waals surface area contributed by atoms with Crippen molar-refractivity contribution in [3.63, 3.8) is 0 Å². The summed E-state index contributed by atoms with van der Waals surface area (Å²) >= 11 is 0. The SMILES string of the molecule is CCCCCCCCCC(CC)N(C)C.Cl. The van der Waals surface area contributed by atoms with Crippen LogP contribution in [0.2, 0.25) is 0 Å². The van der Waals surface area contributed by atoms with Crippen LogP contribution in [0.3, 0.4) is 0 Å². The van der Waals surface area contributed by atoms with E-state index in [1.165, 1.54) is 57.8 Å². The van der Waals surface area contributed by atoms with Gasteiger partial charge in [-0.2, -0.15) is 0 Å². The van der Waals surface area contributed by atoms with Crippen molar-refractivity contribution in [1.29, 1.82) is 0 Å². The summed E-state index contributed by atoms with van der Waals surface area (Å²) in [6, 6.07) is 0.806. The second-order valence-corrected chi connectivity index (χ2v) is 4.94. The largest absolute Gasteiger partial charge is 0.306 e. The van der Waals surface area contributed by atoms with Crippen molar-refractivity contribution in [2.24, 2.45) is 0 Å². The third kappa shape index (κ3) is 10.8. The average molecular weight is 250 g/mol. The van der Waals surface area contributed by atoms with Gasteiger partial charge >= 0.3 is 0 Å². The molecule has 0 saturated carbocycles. The fraction of sp³-hybridized carbons (Fsp3) is 1.00. The van der Waals surface area contributed by atoms with Crippen LogP contribution in [0.15, 0.2) is 0 Å². The number of nitrogens with zero attached hydrogens (tertiary/aromatic N) is 1. The molecule has 0 radical (unpaired) electrons. The first-order chi connectivity index (χ1) is 7.22.